The Morgan fingerprint density at radius 2 is 0.816 bits per heavy atom. The number of aliphatic hydroxyl groups is 1. The van der Waals surface area contributed by atoms with E-state index in [4.69, 9.17) is 32.2 Å². The summed E-state index contributed by atoms with van der Waals surface area (Å²) in [5.41, 5.74) is 16.4. The number of thiol groups is 1. The fraction of sp³-hybridized carbons (Fsp3) is 0.400. The summed E-state index contributed by atoms with van der Waals surface area (Å²) in [6.45, 7) is 1.50. The maximum Gasteiger partial charge on any atom is 0.338 e. The maximum atomic E-state index is 12.2. The molecule has 4 aromatic carbocycles. The normalized spacial score (nSPS) is 14.1. The highest BCUT2D eigenvalue weighted by molar-refractivity contribution is 9.10. The molecule has 3 heterocycles. The van der Waals surface area contributed by atoms with Gasteiger partial charge in [-0.05, 0) is 130 Å². The van der Waals surface area contributed by atoms with Crippen molar-refractivity contribution in [3.05, 3.63) is 132 Å². The number of anilines is 4. The molecule has 0 amide bonds. The fourth-order valence-corrected chi connectivity index (χ4v) is 14.3. The quantitative estimate of drug-likeness (QED) is 0.0195. The summed E-state index contributed by atoms with van der Waals surface area (Å²) in [6, 6.07) is 22.2. The van der Waals surface area contributed by atoms with Crippen LogP contribution in [0.1, 0.15) is 152 Å². The Labute approximate surface area is 605 Å². The Kier molecular flexibility index (Phi) is 31.9. The molecule has 3 aromatic heterocycles. The lowest BCUT2D eigenvalue weighted by Gasteiger charge is -2.15. The number of hydrogen-bond acceptors (Lipinski definition) is 25. The van der Waals surface area contributed by atoms with Crippen molar-refractivity contribution in [2.45, 2.75) is 94.8 Å². The standard InChI is InChI=1S/C17H20N2O3S.2C17H18N2O3S.C11H14N2O2S.C6H7BrO2.CH3B.CH4S/c3*1-19(2)10-7-8-11(12(9-10)17(21)22-3)16-18-13-5-4-6-14(20)15(13)23-16;1-13(2)7-4-5-8(10(12)16)9(6-7)11(14)15-3;7-6-4(8)2-1-3-5(6)9;2*1-2/h7-9,14,20H,4-6H2,1-3H3;2*7-9H,4-6H2,1-3H3;4-6H,1-3H3,(H2,12,16);6H,1-3H2;1H3;2H,1H3/t14-;;;;;;/m1....../s1. The van der Waals surface area contributed by atoms with E-state index in [0.29, 0.717) is 63.5 Å². The number of halogens is 1. The number of alkyl halides is 1. The molecule has 0 bridgehead atoms. The molecular formula is C70H84BBrN8O13S5. The number of nitrogens with two attached hydrogens (primary N) is 1. The largest absolute Gasteiger partial charge is 0.465 e. The number of Topliss-reactive ketones (excluding diaryl/α,β-unsaturated/α-hetero) is 4. The first-order valence-corrected chi connectivity index (χ1v) is 35.7. The third-order valence-corrected chi connectivity index (χ3v) is 20.3. The predicted molar refractivity (Wildman–Crippen MR) is 403 cm³/mol. The number of ketones is 4. The number of carbonyl (C=O) groups is 8. The molecule has 4 aliphatic rings. The second kappa shape index (κ2) is 38.6. The van der Waals surface area contributed by atoms with Gasteiger partial charge in [0.25, 0.3) is 0 Å². The Hall–Kier alpha value is -7.73. The van der Waals surface area contributed by atoms with E-state index in [0.717, 1.165) is 128 Å². The highest BCUT2D eigenvalue weighted by Crippen LogP contribution is 2.41. The number of fused-ring (bicyclic) bond motifs is 3. The third kappa shape index (κ3) is 20.7. The summed E-state index contributed by atoms with van der Waals surface area (Å²) in [5, 5.41) is 12.3. The van der Waals surface area contributed by atoms with Crippen LogP contribution in [0.3, 0.4) is 0 Å². The first-order valence-electron chi connectivity index (χ1n) is 31.1. The third-order valence-electron chi connectivity index (χ3n) is 15.5. The van der Waals surface area contributed by atoms with Gasteiger partial charge in [0, 0.05) is 127 Å². The van der Waals surface area contributed by atoms with Crippen LogP contribution in [-0.2, 0) is 47.8 Å². The molecule has 98 heavy (non-hydrogen) atoms. The molecule has 1 fully saturated rings. The van der Waals surface area contributed by atoms with Gasteiger partial charge in [0.2, 0.25) is 0 Å². The van der Waals surface area contributed by atoms with E-state index in [1.54, 1.807) is 30.5 Å². The van der Waals surface area contributed by atoms with Crippen molar-refractivity contribution < 1.29 is 62.4 Å². The highest BCUT2D eigenvalue weighted by atomic mass is 79.9. The molecule has 21 nitrogen and oxygen atoms in total. The topological polar surface area (TPSA) is 271 Å². The minimum absolute atomic E-state index is 0.0336. The first-order chi connectivity index (χ1) is 46.7. The molecule has 0 saturated heterocycles. The van der Waals surface area contributed by atoms with Crippen LogP contribution in [0.4, 0.5) is 22.7 Å². The van der Waals surface area contributed by atoms with Crippen molar-refractivity contribution in [1.29, 1.82) is 0 Å². The van der Waals surface area contributed by atoms with Gasteiger partial charge < -0.3 is 49.4 Å². The van der Waals surface area contributed by atoms with Crippen LogP contribution in [0.5, 0.6) is 0 Å². The first kappa shape index (κ1) is 81.0. The molecule has 1 atom stereocenters. The number of rotatable bonds is 12. The van der Waals surface area contributed by atoms with Gasteiger partial charge in [-0.25, -0.2) is 34.1 Å². The molecule has 0 aliphatic heterocycles. The van der Waals surface area contributed by atoms with Crippen molar-refractivity contribution >= 4 is 157 Å². The molecule has 11 rings (SSSR count). The van der Waals surface area contributed by atoms with Crippen molar-refractivity contribution in [1.82, 2.24) is 15.0 Å². The Bertz CT molecular complexity index is 3870. The minimum atomic E-state index is -0.494. The van der Waals surface area contributed by atoms with Crippen LogP contribution < -0.4 is 25.3 Å². The fourth-order valence-electron chi connectivity index (χ4n) is 10.3. The van der Waals surface area contributed by atoms with Gasteiger partial charge in [0.05, 0.1) is 96.4 Å². The van der Waals surface area contributed by atoms with Gasteiger partial charge >= 0.3 is 23.9 Å². The summed E-state index contributed by atoms with van der Waals surface area (Å²) in [6.07, 6.45) is 10.2. The molecule has 0 spiro atoms. The molecule has 7 aromatic rings. The van der Waals surface area contributed by atoms with Crippen LogP contribution >= 0.6 is 74.8 Å². The van der Waals surface area contributed by atoms with E-state index in [1.165, 1.54) is 69.3 Å². The maximum absolute atomic E-state index is 12.2. The van der Waals surface area contributed by atoms with Gasteiger partial charge in [-0.3, -0.25) is 19.2 Å². The van der Waals surface area contributed by atoms with E-state index in [9.17, 15) is 43.5 Å². The molecule has 0 unspecified atom stereocenters. The van der Waals surface area contributed by atoms with Crippen LogP contribution in [0, 0.1) is 0 Å². The average molecular weight is 1500 g/mol. The van der Waals surface area contributed by atoms with E-state index in [-0.39, 0.29) is 34.1 Å². The molecule has 3 N–H and O–H groups in total. The lowest BCUT2D eigenvalue weighted by atomic mass is 9.98. The molecule has 2 radical (unpaired) electrons. The number of nitrogens with zero attached hydrogens (tertiary/aromatic N) is 7. The number of carbonyl (C=O) groups excluding carboxylic acids is 8. The van der Waals surface area contributed by atoms with Crippen molar-refractivity contribution in [2.24, 2.45) is 5.73 Å². The molecular weight excluding hydrogens is 1410 g/mol. The number of ether oxygens (including phenoxy) is 4. The second-order valence-electron chi connectivity index (χ2n) is 22.9. The molecule has 28 heteroatoms. The van der Waals surface area contributed by atoms with Crippen LogP contribution in [0.2, 0.25) is 6.82 Å². The number of methoxy groups -OCH3 is 4. The van der Waals surface area contributed by atoms with Gasteiger partial charge in [-0.1, -0.05) is 35.0 Å². The van der Waals surface area contributed by atoms with Crippen LogP contribution in [0.25, 0.3) is 31.7 Å². The lowest BCUT2D eigenvalue weighted by Crippen LogP contribution is -2.28. The van der Waals surface area contributed by atoms with Crippen LogP contribution in [-0.4, -0.2) is 176 Å². The number of aliphatic hydroxyl groups excluding tert-OH is 1. The summed E-state index contributed by atoms with van der Waals surface area (Å²) in [4.78, 5) is 117. The smallest absolute Gasteiger partial charge is 0.338 e. The summed E-state index contributed by atoms with van der Waals surface area (Å²) in [7, 11) is 25.2. The summed E-state index contributed by atoms with van der Waals surface area (Å²) >= 11 is 15.6. The van der Waals surface area contributed by atoms with E-state index < -0.39 is 28.8 Å². The number of aryl methyl sites for hydroxylation is 3. The lowest BCUT2D eigenvalue weighted by molar-refractivity contribution is -0.128. The zero-order chi connectivity index (χ0) is 72.8. The molecule has 522 valence electrons. The number of aromatic nitrogens is 3. The zero-order valence-corrected chi connectivity index (χ0v) is 63.4. The average Bonchev–Trinajstić information content (AvgIpc) is 1.64. The predicted octanol–water partition coefficient (Wildman–Crippen LogP) is 12.4. The van der Waals surface area contributed by atoms with E-state index in [2.05, 4.69) is 56.1 Å². The highest BCUT2D eigenvalue weighted by Gasteiger charge is 2.30. The zero-order valence-electron chi connectivity index (χ0n) is 57.7. The number of benzene rings is 4. The SMILES string of the molecule is COC(=O)c1cc(N(C)C)ccc1-c1nc2c(s1)C(=O)CCC2.COC(=O)c1cc(N(C)C)ccc1-c1nc2c(s1)C(=O)CCC2.COC(=O)c1cc(N(C)C)ccc1-c1nc2c(s1)[C@H](O)CCC2.COC(=O)c1cc(N(C)C)ccc1C(N)=S.CS.O=C1CCCC(=O)C1Br.[B]C. The molecule has 4 aliphatic carbocycles. The van der Waals surface area contributed by atoms with Crippen LogP contribution in [0.15, 0.2) is 72.8 Å². The number of hydrogen-bond donors (Lipinski definition) is 3. The van der Waals surface area contributed by atoms with E-state index >= 15 is 0 Å². The minimum Gasteiger partial charge on any atom is -0.465 e. The summed E-state index contributed by atoms with van der Waals surface area (Å²) in [5.74, 6) is -1.24. The second-order valence-corrected chi connectivity index (χ2v) is 27.2. The van der Waals surface area contributed by atoms with Gasteiger partial charge in [0.1, 0.15) is 24.8 Å². The monoisotopic (exact) mass is 1490 g/mol. The Morgan fingerprint density at radius 3 is 1.14 bits per heavy atom. The van der Waals surface area contributed by atoms with Gasteiger partial charge in [0.15, 0.2) is 23.1 Å². The van der Waals surface area contributed by atoms with Crippen molar-refractivity contribution in [3.8, 4) is 31.7 Å². The Balaban J connectivity index is 0.000000224. The van der Waals surface area contributed by atoms with Gasteiger partial charge in [-0.2, -0.15) is 12.6 Å². The number of esters is 4. The van der Waals surface area contributed by atoms with Crippen molar-refractivity contribution in [2.75, 3.05) is 111 Å². The van der Waals surface area contributed by atoms with E-state index in [1.807, 2.05) is 125 Å². The Morgan fingerprint density at radius 1 is 0.500 bits per heavy atom. The number of thiazole rings is 3. The number of thiocarbonyl (C=S) groups is 1. The van der Waals surface area contributed by atoms with Gasteiger partial charge in [-0.15, -0.1) is 34.0 Å². The molecule has 1 saturated carbocycles. The summed E-state index contributed by atoms with van der Waals surface area (Å²) < 4.78 is 19.4. The van der Waals surface area contributed by atoms with Crippen molar-refractivity contribution in [3.63, 3.8) is 0 Å².